The van der Waals surface area contributed by atoms with E-state index in [4.69, 9.17) is 10.2 Å². The van der Waals surface area contributed by atoms with Gasteiger partial charge in [0.25, 0.3) is 0 Å². The number of rotatable bonds is 0. The fraction of sp³-hybridized carbons (Fsp3) is 0.250. The molecule has 0 unspecified atom stereocenters. The maximum absolute atomic E-state index is 11.4. The van der Waals surface area contributed by atoms with Crippen LogP contribution >= 0.6 is 0 Å². The van der Waals surface area contributed by atoms with Crippen LogP contribution in [-0.4, -0.2) is 0 Å². The van der Waals surface area contributed by atoms with Crippen LogP contribution in [0.4, 0.5) is 5.69 Å². The van der Waals surface area contributed by atoms with E-state index in [9.17, 15) is 4.79 Å². The van der Waals surface area contributed by atoms with Crippen molar-refractivity contribution in [2.45, 2.75) is 20.8 Å². The zero-order valence-corrected chi connectivity index (χ0v) is 9.05. The lowest BCUT2D eigenvalue weighted by Crippen LogP contribution is -2.09. The normalized spacial score (nSPS) is 10.9. The van der Waals surface area contributed by atoms with Gasteiger partial charge in [-0.25, -0.2) is 4.79 Å². The van der Waals surface area contributed by atoms with Crippen molar-refractivity contribution in [3.63, 3.8) is 0 Å². The van der Waals surface area contributed by atoms with Gasteiger partial charge in [0.1, 0.15) is 11.3 Å². The van der Waals surface area contributed by atoms with Crippen molar-refractivity contribution in [3.8, 4) is 0 Å². The number of hydrogen-bond acceptors (Lipinski definition) is 3. The van der Waals surface area contributed by atoms with Crippen LogP contribution in [0.25, 0.3) is 11.0 Å². The number of fused-ring (bicyclic) bond motifs is 1. The van der Waals surface area contributed by atoms with Gasteiger partial charge in [-0.3, -0.25) is 0 Å². The number of anilines is 1. The van der Waals surface area contributed by atoms with E-state index in [-0.39, 0.29) is 5.69 Å². The third-order valence-electron chi connectivity index (χ3n) is 2.90. The summed E-state index contributed by atoms with van der Waals surface area (Å²) in [4.78, 5) is 11.4. The molecule has 3 nitrogen and oxygen atoms in total. The molecule has 0 aliphatic rings. The van der Waals surface area contributed by atoms with Gasteiger partial charge in [0.2, 0.25) is 0 Å². The van der Waals surface area contributed by atoms with E-state index in [1.807, 2.05) is 32.9 Å². The van der Waals surface area contributed by atoms with E-state index in [0.717, 1.165) is 16.5 Å². The van der Waals surface area contributed by atoms with Gasteiger partial charge in [0.15, 0.2) is 0 Å². The molecule has 2 aromatic rings. The Labute approximate surface area is 87.5 Å². The Bertz CT molecular complexity index is 597. The molecule has 3 heteroatoms. The quantitative estimate of drug-likeness (QED) is 0.668. The summed E-state index contributed by atoms with van der Waals surface area (Å²) in [6.45, 7) is 5.88. The maximum atomic E-state index is 11.4. The molecule has 0 saturated heterocycles. The summed E-state index contributed by atoms with van der Waals surface area (Å²) in [6, 6.07) is 3.75. The topological polar surface area (TPSA) is 56.2 Å². The van der Waals surface area contributed by atoms with Crippen LogP contribution in [0.2, 0.25) is 0 Å². The van der Waals surface area contributed by atoms with Gasteiger partial charge in [0.05, 0.1) is 0 Å². The minimum absolute atomic E-state index is 0.205. The number of benzene rings is 1. The van der Waals surface area contributed by atoms with E-state index < -0.39 is 5.63 Å². The molecule has 0 radical (unpaired) electrons. The zero-order valence-electron chi connectivity index (χ0n) is 9.05. The zero-order chi connectivity index (χ0) is 11.2. The molecule has 0 saturated carbocycles. The second kappa shape index (κ2) is 3.12. The minimum atomic E-state index is -0.455. The Morgan fingerprint density at radius 2 is 1.80 bits per heavy atom. The van der Waals surface area contributed by atoms with Crippen LogP contribution in [0, 0.1) is 20.8 Å². The maximum Gasteiger partial charge on any atom is 0.359 e. The van der Waals surface area contributed by atoms with Gasteiger partial charge in [0, 0.05) is 5.39 Å². The second-order valence-corrected chi connectivity index (χ2v) is 3.81. The van der Waals surface area contributed by atoms with Crippen molar-refractivity contribution < 1.29 is 4.42 Å². The van der Waals surface area contributed by atoms with Crippen molar-refractivity contribution in [1.29, 1.82) is 0 Å². The van der Waals surface area contributed by atoms with Crippen LogP contribution in [-0.2, 0) is 0 Å². The van der Waals surface area contributed by atoms with Crippen LogP contribution in [0.15, 0.2) is 21.3 Å². The van der Waals surface area contributed by atoms with Gasteiger partial charge >= 0.3 is 5.63 Å². The summed E-state index contributed by atoms with van der Waals surface area (Å²) in [5.41, 5.74) is 9.10. The van der Waals surface area contributed by atoms with Crippen LogP contribution in [0.1, 0.15) is 16.7 Å². The molecule has 78 valence electrons. The van der Waals surface area contributed by atoms with Crippen LogP contribution < -0.4 is 11.4 Å². The molecular formula is C12H13NO2. The summed E-state index contributed by atoms with van der Waals surface area (Å²) in [5.74, 6) is 0. The average Bonchev–Trinajstić information content (AvgIpc) is 2.20. The number of hydrogen-bond donors (Lipinski definition) is 1. The molecule has 1 heterocycles. The Kier molecular flexibility index (Phi) is 2.03. The molecule has 0 atom stereocenters. The van der Waals surface area contributed by atoms with Gasteiger partial charge < -0.3 is 10.2 Å². The van der Waals surface area contributed by atoms with Crippen molar-refractivity contribution in [2.24, 2.45) is 0 Å². The van der Waals surface area contributed by atoms with Crippen LogP contribution in [0.5, 0.6) is 0 Å². The fourth-order valence-electron chi connectivity index (χ4n) is 1.78. The highest BCUT2D eigenvalue weighted by Gasteiger charge is 2.10. The first-order valence-corrected chi connectivity index (χ1v) is 4.81. The van der Waals surface area contributed by atoms with Crippen molar-refractivity contribution in [2.75, 3.05) is 5.73 Å². The van der Waals surface area contributed by atoms with Crippen molar-refractivity contribution in [3.05, 3.63) is 39.2 Å². The average molecular weight is 203 g/mol. The Balaban J connectivity index is 3.07. The van der Waals surface area contributed by atoms with E-state index in [2.05, 4.69) is 0 Å². The highest BCUT2D eigenvalue weighted by molar-refractivity contribution is 5.87. The Hall–Kier alpha value is -1.77. The van der Waals surface area contributed by atoms with E-state index in [1.54, 1.807) is 0 Å². The summed E-state index contributed by atoms with van der Waals surface area (Å²) in [5, 5.41) is 0.951. The molecule has 1 aromatic carbocycles. The standard InChI is InChI=1S/C12H13NO2/c1-6-4-5-9-10(7(6)2)8(3)11(13)12(14)15-9/h4-5H,13H2,1-3H3. The van der Waals surface area contributed by atoms with E-state index in [0.29, 0.717) is 5.58 Å². The minimum Gasteiger partial charge on any atom is -0.421 e. The lowest BCUT2D eigenvalue weighted by atomic mass is 10.0. The predicted octanol–water partition coefficient (Wildman–Crippen LogP) is 2.30. The highest BCUT2D eigenvalue weighted by atomic mass is 16.4. The second-order valence-electron chi connectivity index (χ2n) is 3.81. The lowest BCUT2D eigenvalue weighted by molar-refractivity contribution is 0.563. The molecule has 15 heavy (non-hydrogen) atoms. The smallest absolute Gasteiger partial charge is 0.359 e. The third kappa shape index (κ3) is 1.31. The molecule has 0 amide bonds. The molecule has 2 rings (SSSR count). The van der Waals surface area contributed by atoms with Gasteiger partial charge in [-0.2, -0.15) is 0 Å². The predicted molar refractivity (Wildman–Crippen MR) is 61.1 cm³/mol. The first-order chi connectivity index (χ1) is 7.02. The van der Waals surface area contributed by atoms with Gasteiger partial charge in [-0.15, -0.1) is 0 Å². The molecule has 0 fully saturated rings. The lowest BCUT2D eigenvalue weighted by Gasteiger charge is -2.08. The summed E-state index contributed by atoms with van der Waals surface area (Å²) >= 11 is 0. The summed E-state index contributed by atoms with van der Waals surface area (Å²) < 4.78 is 5.13. The fourth-order valence-corrected chi connectivity index (χ4v) is 1.78. The number of aryl methyl sites for hydroxylation is 3. The molecule has 2 N–H and O–H groups in total. The number of nitrogens with two attached hydrogens (primary N) is 1. The number of nitrogen functional groups attached to an aromatic ring is 1. The molecule has 0 bridgehead atoms. The molecular weight excluding hydrogens is 190 g/mol. The Morgan fingerprint density at radius 3 is 2.47 bits per heavy atom. The van der Waals surface area contributed by atoms with Crippen molar-refractivity contribution in [1.82, 2.24) is 0 Å². The van der Waals surface area contributed by atoms with Gasteiger partial charge in [-0.1, -0.05) is 6.07 Å². The van der Waals surface area contributed by atoms with E-state index in [1.165, 1.54) is 5.56 Å². The highest BCUT2D eigenvalue weighted by Crippen LogP contribution is 2.25. The third-order valence-corrected chi connectivity index (χ3v) is 2.90. The van der Waals surface area contributed by atoms with Crippen molar-refractivity contribution >= 4 is 16.7 Å². The SMILES string of the molecule is Cc1ccc2oc(=O)c(N)c(C)c2c1C. The van der Waals surface area contributed by atoms with E-state index >= 15 is 0 Å². The first kappa shape index (κ1) is 9.77. The van der Waals surface area contributed by atoms with Gasteiger partial charge in [-0.05, 0) is 43.5 Å². The molecule has 0 aliphatic carbocycles. The summed E-state index contributed by atoms with van der Waals surface area (Å²) in [7, 11) is 0. The Morgan fingerprint density at radius 1 is 1.13 bits per heavy atom. The molecule has 1 aromatic heterocycles. The molecule has 0 aliphatic heterocycles. The molecule has 0 spiro atoms. The largest absolute Gasteiger partial charge is 0.421 e. The van der Waals surface area contributed by atoms with Crippen LogP contribution in [0.3, 0.4) is 0 Å². The first-order valence-electron chi connectivity index (χ1n) is 4.81. The summed E-state index contributed by atoms with van der Waals surface area (Å²) in [6.07, 6.45) is 0. The monoisotopic (exact) mass is 203 g/mol.